The lowest BCUT2D eigenvalue weighted by Crippen LogP contribution is -2.52. The third kappa shape index (κ3) is 4.41. The van der Waals surface area contributed by atoms with E-state index in [1.54, 1.807) is 36.4 Å². The maximum atomic E-state index is 15.2. The molecule has 34 heavy (non-hydrogen) atoms. The van der Waals surface area contributed by atoms with Gasteiger partial charge in [-0.05, 0) is 18.6 Å². The standard InChI is InChI=1S/C25H26FN3O5/c26-23-16(13-28-9-11-33-12-10-28)3-1-4-17(23)15-34-21-6-2-5-18-19(21)14-29(25(18)32)20-7-8-22(30)27-24(20)31/h1-6,20H,7-15H2,(H,27,30,31)/i20D. The number of piperidine rings is 1. The number of imide groups is 1. The van der Waals surface area contributed by atoms with Gasteiger partial charge in [-0.25, -0.2) is 4.39 Å². The molecule has 0 saturated carbocycles. The van der Waals surface area contributed by atoms with Crippen LogP contribution in [0.4, 0.5) is 4.39 Å². The quantitative estimate of drug-likeness (QED) is 0.653. The lowest BCUT2D eigenvalue weighted by molar-refractivity contribution is -0.136. The Morgan fingerprint density at radius 2 is 1.88 bits per heavy atom. The summed E-state index contributed by atoms with van der Waals surface area (Å²) in [6.45, 7) is 3.23. The summed E-state index contributed by atoms with van der Waals surface area (Å²) in [4.78, 5) is 40.3. The number of hydrogen-bond donors (Lipinski definition) is 1. The molecule has 8 nitrogen and oxygen atoms in total. The minimum atomic E-state index is -1.87. The number of halogens is 1. The molecule has 2 fully saturated rings. The van der Waals surface area contributed by atoms with Crippen LogP contribution in [-0.4, -0.2) is 59.8 Å². The molecule has 2 aromatic rings. The van der Waals surface area contributed by atoms with Gasteiger partial charge in [0.1, 0.15) is 24.2 Å². The number of nitrogens with one attached hydrogen (secondary N) is 1. The first-order chi connectivity index (χ1) is 16.9. The van der Waals surface area contributed by atoms with Crippen LogP contribution < -0.4 is 10.1 Å². The van der Waals surface area contributed by atoms with Gasteiger partial charge in [0.25, 0.3) is 5.91 Å². The zero-order chi connectivity index (χ0) is 24.6. The molecule has 1 N–H and O–H groups in total. The summed E-state index contributed by atoms with van der Waals surface area (Å²) in [5.74, 6) is -1.66. The highest BCUT2D eigenvalue weighted by Gasteiger charge is 2.40. The van der Waals surface area contributed by atoms with Crippen molar-refractivity contribution in [3.05, 3.63) is 64.5 Å². The number of amides is 3. The van der Waals surface area contributed by atoms with Crippen LogP contribution in [0.15, 0.2) is 36.4 Å². The minimum Gasteiger partial charge on any atom is -0.488 e. The fourth-order valence-electron chi connectivity index (χ4n) is 4.54. The van der Waals surface area contributed by atoms with Crippen molar-refractivity contribution in [2.24, 2.45) is 0 Å². The molecule has 0 bridgehead atoms. The Morgan fingerprint density at radius 1 is 1.12 bits per heavy atom. The predicted molar refractivity (Wildman–Crippen MR) is 119 cm³/mol. The first-order valence-corrected chi connectivity index (χ1v) is 11.3. The number of nitrogens with zero attached hydrogens (tertiary/aromatic N) is 2. The molecule has 2 saturated heterocycles. The Labute approximate surface area is 198 Å². The van der Waals surface area contributed by atoms with E-state index in [-0.39, 0.29) is 31.8 Å². The van der Waals surface area contributed by atoms with E-state index >= 15 is 4.39 Å². The van der Waals surface area contributed by atoms with Crippen molar-refractivity contribution in [2.75, 3.05) is 26.3 Å². The SMILES string of the molecule is [2H]C1(N2Cc3c(OCc4cccc(CN5CCOCC5)c4F)cccc3C2=O)CCC(=O)NC1=O. The summed E-state index contributed by atoms with van der Waals surface area (Å²) in [6.07, 6.45) is -0.0898. The molecule has 0 spiro atoms. The Morgan fingerprint density at radius 3 is 2.68 bits per heavy atom. The van der Waals surface area contributed by atoms with Gasteiger partial charge < -0.3 is 14.4 Å². The second-order valence-corrected chi connectivity index (χ2v) is 8.56. The number of carbonyl (C=O) groups excluding carboxylic acids is 3. The molecular formula is C25H26FN3O5. The number of ether oxygens (including phenoxy) is 2. The largest absolute Gasteiger partial charge is 0.488 e. The van der Waals surface area contributed by atoms with Crippen molar-refractivity contribution in [3.63, 3.8) is 0 Å². The monoisotopic (exact) mass is 468 g/mol. The van der Waals surface area contributed by atoms with Gasteiger partial charge in [-0.2, -0.15) is 0 Å². The van der Waals surface area contributed by atoms with Crippen molar-refractivity contribution in [3.8, 4) is 5.75 Å². The van der Waals surface area contributed by atoms with E-state index in [4.69, 9.17) is 10.8 Å². The molecule has 0 aromatic heterocycles. The van der Waals surface area contributed by atoms with Crippen LogP contribution >= 0.6 is 0 Å². The average Bonchev–Trinajstić information content (AvgIpc) is 3.21. The number of benzene rings is 2. The van der Waals surface area contributed by atoms with E-state index in [2.05, 4.69) is 10.2 Å². The van der Waals surface area contributed by atoms with E-state index in [1.165, 1.54) is 0 Å². The van der Waals surface area contributed by atoms with Gasteiger partial charge in [0, 0.05) is 48.3 Å². The Hall–Kier alpha value is -3.30. The summed E-state index contributed by atoms with van der Waals surface area (Å²) in [6, 6.07) is 8.31. The average molecular weight is 469 g/mol. The molecule has 2 aromatic carbocycles. The smallest absolute Gasteiger partial charge is 0.255 e. The molecule has 1 unspecified atom stereocenters. The Bertz CT molecular complexity index is 1190. The molecule has 3 heterocycles. The van der Waals surface area contributed by atoms with Crippen LogP contribution in [0.25, 0.3) is 0 Å². The number of hydrogen-bond acceptors (Lipinski definition) is 6. The fraction of sp³-hybridized carbons (Fsp3) is 0.400. The molecule has 0 aliphatic carbocycles. The first-order valence-electron chi connectivity index (χ1n) is 11.8. The van der Waals surface area contributed by atoms with Gasteiger partial charge in [0.2, 0.25) is 11.8 Å². The molecule has 5 rings (SSSR count). The van der Waals surface area contributed by atoms with E-state index in [0.29, 0.717) is 47.8 Å². The van der Waals surface area contributed by atoms with Gasteiger partial charge >= 0.3 is 0 Å². The Kier molecular flexibility index (Phi) is 5.95. The van der Waals surface area contributed by atoms with Gasteiger partial charge in [0.05, 0.1) is 21.1 Å². The highest BCUT2D eigenvalue weighted by Crippen LogP contribution is 2.34. The van der Waals surface area contributed by atoms with E-state index in [0.717, 1.165) is 18.0 Å². The molecule has 1 atom stereocenters. The number of carbonyl (C=O) groups is 3. The van der Waals surface area contributed by atoms with E-state index in [9.17, 15) is 14.4 Å². The van der Waals surface area contributed by atoms with Gasteiger partial charge in [0.15, 0.2) is 0 Å². The van der Waals surface area contributed by atoms with Crippen LogP contribution in [0.1, 0.15) is 41.3 Å². The lowest BCUT2D eigenvalue weighted by Gasteiger charge is -2.29. The molecule has 3 aliphatic rings. The van der Waals surface area contributed by atoms with Crippen molar-refractivity contribution in [2.45, 2.75) is 38.6 Å². The highest BCUT2D eigenvalue weighted by atomic mass is 19.1. The molecular weight excluding hydrogens is 441 g/mol. The molecule has 3 amide bonds. The summed E-state index contributed by atoms with van der Waals surface area (Å²) >= 11 is 0. The summed E-state index contributed by atoms with van der Waals surface area (Å²) in [7, 11) is 0. The number of fused-ring (bicyclic) bond motifs is 1. The van der Waals surface area contributed by atoms with Crippen molar-refractivity contribution >= 4 is 17.7 Å². The zero-order valence-electron chi connectivity index (χ0n) is 19.6. The molecule has 0 radical (unpaired) electrons. The third-order valence-electron chi connectivity index (χ3n) is 6.39. The highest BCUT2D eigenvalue weighted by molar-refractivity contribution is 6.05. The maximum absolute atomic E-state index is 15.2. The number of morpholine rings is 1. The third-order valence-corrected chi connectivity index (χ3v) is 6.39. The van der Waals surface area contributed by atoms with Crippen molar-refractivity contribution in [1.82, 2.24) is 15.1 Å². The van der Waals surface area contributed by atoms with Crippen LogP contribution in [0, 0.1) is 5.82 Å². The predicted octanol–water partition coefficient (Wildman–Crippen LogP) is 2.00. The summed E-state index contributed by atoms with van der Waals surface area (Å²) in [5, 5.41) is 2.15. The molecule has 9 heteroatoms. The second-order valence-electron chi connectivity index (χ2n) is 8.56. The van der Waals surface area contributed by atoms with E-state index < -0.39 is 23.7 Å². The van der Waals surface area contributed by atoms with Crippen LogP contribution in [0.5, 0.6) is 5.75 Å². The summed E-state index contributed by atoms with van der Waals surface area (Å²) in [5.41, 5.74) is 1.86. The fourth-order valence-corrected chi connectivity index (χ4v) is 4.54. The second kappa shape index (κ2) is 9.52. The number of rotatable bonds is 6. The van der Waals surface area contributed by atoms with Gasteiger partial charge in [-0.3, -0.25) is 24.6 Å². The van der Waals surface area contributed by atoms with Crippen LogP contribution in [-0.2, 0) is 34.0 Å². The lowest BCUT2D eigenvalue weighted by atomic mass is 10.0. The van der Waals surface area contributed by atoms with Crippen molar-refractivity contribution < 1.29 is 29.6 Å². The van der Waals surface area contributed by atoms with Gasteiger partial charge in [-0.15, -0.1) is 0 Å². The Balaban J connectivity index is 1.32. The molecule has 178 valence electrons. The normalized spacial score (nSPS) is 23.5. The van der Waals surface area contributed by atoms with Gasteiger partial charge in [-0.1, -0.05) is 24.3 Å². The van der Waals surface area contributed by atoms with E-state index in [1.807, 2.05) is 0 Å². The van der Waals surface area contributed by atoms with Crippen LogP contribution in [0.2, 0.25) is 0 Å². The summed E-state index contributed by atoms with van der Waals surface area (Å²) < 4.78 is 35.1. The minimum absolute atomic E-state index is 0.00496. The van der Waals surface area contributed by atoms with Crippen LogP contribution in [0.3, 0.4) is 0 Å². The first kappa shape index (κ1) is 21.2. The van der Waals surface area contributed by atoms with Crippen molar-refractivity contribution in [1.29, 1.82) is 0 Å². The topological polar surface area (TPSA) is 88.2 Å². The maximum Gasteiger partial charge on any atom is 0.255 e. The molecule has 3 aliphatic heterocycles. The zero-order valence-corrected chi connectivity index (χ0v) is 18.6.